The molecule has 0 bridgehead atoms. The maximum Gasteiger partial charge on any atom is 0.394 e. The molecule has 0 aliphatic carbocycles. The van der Waals surface area contributed by atoms with Crippen molar-refractivity contribution in [2.75, 3.05) is 0 Å². The molecule has 1 atom stereocenters. The van der Waals surface area contributed by atoms with Crippen LogP contribution in [0.5, 0.6) is 0 Å². The van der Waals surface area contributed by atoms with Crippen molar-refractivity contribution >= 4 is 11.9 Å². The van der Waals surface area contributed by atoms with Gasteiger partial charge in [-0.25, -0.2) is 4.79 Å². The molecule has 0 saturated heterocycles. The molecule has 0 heterocycles. The number of unbranched alkanes of at least 4 members (excludes halogenated alkanes) is 1. The standard InChI is InChI=1S/C12H20F3NO3/c1-4-5-6-8(10(18)19)16-9(17)7-11(2,3)12(13,14)15/h8H,4-7H2,1-3H3,(H,16,17)(H,18,19)/t8-/m0/s1. The molecule has 0 spiro atoms. The van der Waals surface area contributed by atoms with Crippen molar-refractivity contribution < 1.29 is 27.9 Å². The van der Waals surface area contributed by atoms with Crippen molar-refractivity contribution in [3.05, 3.63) is 0 Å². The molecule has 112 valence electrons. The van der Waals surface area contributed by atoms with Gasteiger partial charge in [-0.1, -0.05) is 33.6 Å². The molecule has 0 saturated carbocycles. The number of alkyl halides is 3. The monoisotopic (exact) mass is 283 g/mol. The van der Waals surface area contributed by atoms with Crippen LogP contribution in [0.3, 0.4) is 0 Å². The zero-order chi connectivity index (χ0) is 15.3. The predicted molar refractivity (Wildman–Crippen MR) is 63.5 cm³/mol. The quantitative estimate of drug-likeness (QED) is 0.755. The van der Waals surface area contributed by atoms with Crippen molar-refractivity contribution in [1.29, 1.82) is 0 Å². The number of nitrogens with one attached hydrogen (secondary N) is 1. The zero-order valence-corrected chi connectivity index (χ0v) is 11.3. The summed E-state index contributed by atoms with van der Waals surface area (Å²) < 4.78 is 37.8. The van der Waals surface area contributed by atoms with E-state index in [1.54, 1.807) is 0 Å². The van der Waals surface area contributed by atoms with Crippen molar-refractivity contribution in [2.45, 2.75) is 58.7 Å². The number of amides is 1. The van der Waals surface area contributed by atoms with Gasteiger partial charge >= 0.3 is 12.1 Å². The van der Waals surface area contributed by atoms with Gasteiger partial charge in [0.2, 0.25) is 5.91 Å². The molecule has 7 heteroatoms. The van der Waals surface area contributed by atoms with E-state index in [0.717, 1.165) is 20.3 Å². The van der Waals surface area contributed by atoms with E-state index in [1.165, 1.54) is 0 Å². The van der Waals surface area contributed by atoms with E-state index in [0.29, 0.717) is 6.42 Å². The molecule has 0 aromatic heterocycles. The lowest BCUT2D eigenvalue weighted by molar-refractivity contribution is -0.213. The number of halogens is 3. The summed E-state index contributed by atoms with van der Waals surface area (Å²) in [6.07, 6.45) is -3.75. The van der Waals surface area contributed by atoms with Gasteiger partial charge in [-0.05, 0) is 6.42 Å². The summed E-state index contributed by atoms with van der Waals surface area (Å²) in [5, 5.41) is 11.0. The van der Waals surface area contributed by atoms with Crippen LogP contribution in [-0.2, 0) is 9.59 Å². The molecule has 0 aromatic carbocycles. The van der Waals surface area contributed by atoms with Crippen LogP contribution in [-0.4, -0.2) is 29.2 Å². The summed E-state index contributed by atoms with van der Waals surface area (Å²) in [4.78, 5) is 22.4. The Morgan fingerprint density at radius 2 is 1.79 bits per heavy atom. The van der Waals surface area contributed by atoms with E-state index >= 15 is 0 Å². The maximum absolute atomic E-state index is 12.6. The molecule has 19 heavy (non-hydrogen) atoms. The summed E-state index contributed by atoms with van der Waals surface area (Å²) in [5.41, 5.74) is -2.18. The van der Waals surface area contributed by atoms with Gasteiger partial charge in [0, 0.05) is 6.42 Å². The molecular weight excluding hydrogens is 263 g/mol. The number of aliphatic carboxylic acids is 1. The van der Waals surface area contributed by atoms with Crippen LogP contribution in [0.1, 0.15) is 46.5 Å². The fourth-order valence-electron chi connectivity index (χ4n) is 1.41. The molecule has 2 N–H and O–H groups in total. The van der Waals surface area contributed by atoms with E-state index in [-0.39, 0.29) is 6.42 Å². The average Bonchev–Trinajstić information content (AvgIpc) is 2.21. The lowest BCUT2D eigenvalue weighted by Gasteiger charge is -2.27. The van der Waals surface area contributed by atoms with Crippen molar-refractivity contribution in [3.8, 4) is 0 Å². The first-order valence-electron chi connectivity index (χ1n) is 6.10. The summed E-state index contributed by atoms with van der Waals surface area (Å²) in [7, 11) is 0. The second-order valence-corrected chi connectivity index (χ2v) is 5.16. The summed E-state index contributed by atoms with van der Waals surface area (Å²) in [5.74, 6) is -2.13. The van der Waals surface area contributed by atoms with Crippen LogP contribution in [0, 0.1) is 5.41 Å². The van der Waals surface area contributed by atoms with Gasteiger partial charge in [0.05, 0.1) is 5.41 Å². The minimum Gasteiger partial charge on any atom is -0.480 e. The number of carboxylic acids is 1. The van der Waals surface area contributed by atoms with E-state index in [4.69, 9.17) is 5.11 Å². The fourth-order valence-corrected chi connectivity index (χ4v) is 1.41. The topological polar surface area (TPSA) is 66.4 Å². The third-order valence-electron chi connectivity index (χ3n) is 2.85. The fraction of sp³-hybridized carbons (Fsp3) is 0.833. The van der Waals surface area contributed by atoms with Crippen LogP contribution >= 0.6 is 0 Å². The molecule has 0 aliphatic rings. The highest BCUT2D eigenvalue weighted by Crippen LogP contribution is 2.40. The predicted octanol–water partition coefficient (Wildman–Crippen LogP) is 2.72. The Kier molecular flexibility index (Phi) is 6.32. The lowest BCUT2D eigenvalue weighted by Crippen LogP contribution is -2.44. The second-order valence-electron chi connectivity index (χ2n) is 5.16. The number of hydrogen-bond donors (Lipinski definition) is 2. The molecule has 0 aliphatic heterocycles. The van der Waals surface area contributed by atoms with Gasteiger partial charge in [0.15, 0.2) is 0 Å². The SMILES string of the molecule is CCCC[C@H](NC(=O)CC(C)(C)C(F)(F)F)C(=O)O. The highest BCUT2D eigenvalue weighted by molar-refractivity contribution is 5.83. The van der Waals surface area contributed by atoms with E-state index < -0.39 is 35.9 Å². The van der Waals surface area contributed by atoms with Crippen LogP contribution in [0.4, 0.5) is 13.2 Å². The van der Waals surface area contributed by atoms with Crippen molar-refractivity contribution in [2.24, 2.45) is 5.41 Å². The summed E-state index contributed by atoms with van der Waals surface area (Å²) in [6.45, 7) is 3.68. The molecule has 1 amide bonds. The molecule has 0 radical (unpaired) electrons. The van der Waals surface area contributed by atoms with E-state index in [2.05, 4.69) is 5.32 Å². The Bertz CT molecular complexity index is 327. The minimum absolute atomic E-state index is 0.212. The van der Waals surface area contributed by atoms with Gasteiger partial charge in [-0.15, -0.1) is 0 Å². The van der Waals surface area contributed by atoms with Crippen LogP contribution in [0.15, 0.2) is 0 Å². The van der Waals surface area contributed by atoms with Gasteiger partial charge < -0.3 is 10.4 Å². The number of carboxylic acid groups (broad SMARTS) is 1. The van der Waals surface area contributed by atoms with Crippen LogP contribution in [0.2, 0.25) is 0 Å². The number of carbonyl (C=O) groups excluding carboxylic acids is 1. The zero-order valence-electron chi connectivity index (χ0n) is 11.3. The third kappa shape index (κ3) is 5.94. The van der Waals surface area contributed by atoms with E-state index in [1.807, 2.05) is 6.92 Å². The Labute approximate surface area is 110 Å². The van der Waals surface area contributed by atoms with Gasteiger partial charge in [0.25, 0.3) is 0 Å². The summed E-state index contributed by atoms with van der Waals surface area (Å²) >= 11 is 0. The van der Waals surface area contributed by atoms with Gasteiger partial charge in [-0.3, -0.25) is 4.79 Å². The molecule has 0 unspecified atom stereocenters. The van der Waals surface area contributed by atoms with Crippen LogP contribution in [0.25, 0.3) is 0 Å². The molecule has 4 nitrogen and oxygen atoms in total. The first-order valence-corrected chi connectivity index (χ1v) is 6.10. The lowest BCUT2D eigenvalue weighted by atomic mass is 9.88. The largest absolute Gasteiger partial charge is 0.480 e. The number of hydrogen-bond acceptors (Lipinski definition) is 2. The Hall–Kier alpha value is -1.27. The molecule has 0 rings (SSSR count). The number of carbonyl (C=O) groups is 2. The highest BCUT2D eigenvalue weighted by atomic mass is 19.4. The van der Waals surface area contributed by atoms with Gasteiger partial charge in [-0.2, -0.15) is 13.2 Å². The molecule has 0 aromatic rings. The Balaban J connectivity index is 4.54. The summed E-state index contributed by atoms with van der Waals surface area (Å²) in [6, 6.07) is -1.13. The third-order valence-corrected chi connectivity index (χ3v) is 2.85. The van der Waals surface area contributed by atoms with E-state index in [9.17, 15) is 22.8 Å². The smallest absolute Gasteiger partial charge is 0.394 e. The minimum atomic E-state index is -4.51. The number of rotatable bonds is 7. The average molecular weight is 283 g/mol. The van der Waals surface area contributed by atoms with Crippen molar-refractivity contribution in [3.63, 3.8) is 0 Å². The normalized spacial score (nSPS) is 14.0. The highest BCUT2D eigenvalue weighted by Gasteiger charge is 2.48. The first-order chi connectivity index (χ1) is 8.51. The van der Waals surface area contributed by atoms with Crippen LogP contribution < -0.4 is 5.32 Å². The Morgan fingerprint density at radius 1 is 1.26 bits per heavy atom. The molecular formula is C12H20F3NO3. The maximum atomic E-state index is 12.6. The molecule has 0 fully saturated rings. The first kappa shape index (κ1) is 17.7. The van der Waals surface area contributed by atoms with Gasteiger partial charge in [0.1, 0.15) is 6.04 Å². The van der Waals surface area contributed by atoms with Crippen molar-refractivity contribution in [1.82, 2.24) is 5.32 Å². The second kappa shape index (κ2) is 6.77. The Morgan fingerprint density at radius 3 is 2.16 bits per heavy atom.